The van der Waals surface area contributed by atoms with Crippen molar-refractivity contribution in [3.8, 4) is 0 Å². The molecule has 24 heavy (non-hydrogen) atoms. The van der Waals surface area contributed by atoms with Gasteiger partial charge in [-0.1, -0.05) is 43.3 Å². The number of ether oxygens (including phenoxy) is 1. The van der Waals surface area contributed by atoms with Crippen LogP contribution in [0, 0.1) is 5.92 Å². The van der Waals surface area contributed by atoms with Crippen LogP contribution in [-0.2, 0) is 17.8 Å². The zero-order chi connectivity index (χ0) is 17.4. The van der Waals surface area contributed by atoms with Gasteiger partial charge in [-0.25, -0.2) is 9.78 Å². The molecule has 1 aromatic heterocycles. The first-order chi connectivity index (χ1) is 11.6. The van der Waals surface area contributed by atoms with E-state index in [-0.39, 0.29) is 12.5 Å². The van der Waals surface area contributed by atoms with Crippen LogP contribution < -0.4 is 0 Å². The fourth-order valence-electron chi connectivity index (χ4n) is 2.54. The van der Waals surface area contributed by atoms with E-state index < -0.39 is 5.97 Å². The summed E-state index contributed by atoms with van der Waals surface area (Å²) in [5.74, 6) is -0.271. The Morgan fingerprint density at radius 2 is 1.92 bits per heavy atom. The Hall–Kier alpha value is -2.24. The molecule has 1 atom stereocenters. The second-order valence-electron chi connectivity index (χ2n) is 5.95. The standard InChI is InChI=1S/C19H24N2O3/c1-15(14-22)11-21(12-16-7-4-3-5-8-16)13-17-9-6-10-18(20-17)19(23)24-2/h3-10,15,22H,11-14H2,1-2H3/t15-/m0/s1. The minimum Gasteiger partial charge on any atom is -0.464 e. The Morgan fingerprint density at radius 3 is 2.58 bits per heavy atom. The van der Waals surface area contributed by atoms with Gasteiger partial charge in [0.1, 0.15) is 5.69 Å². The predicted molar refractivity (Wildman–Crippen MR) is 92.4 cm³/mol. The summed E-state index contributed by atoms with van der Waals surface area (Å²) < 4.78 is 4.73. The summed E-state index contributed by atoms with van der Waals surface area (Å²) in [5, 5.41) is 9.36. The average molecular weight is 328 g/mol. The summed E-state index contributed by atoms with van der Waals surface area (Å²) >= 11 is 0. The van der Waals surface area contributed by atoms with Crippen LogP contribution in [0.5, 0.6) is 0 Å². The number of carbonyl (C=O) groups is 1. The molecule has 1 N–H and O–H groups in total. The maximum Gasteiger partial charge on any atom is 0.356 e. The van der Waals surface area contributed by atoms with Crippen molar-refractivity contribution in [2.24, 2.45) is 5.92 Å². The lowest BCUT2D eigenvalue weighted by atomic mass is 10.1. The highest BCUT2D eigenvalue weighted by atomic mass is 16.5. The zero-order valence-electron chi connectivity index (χ0n) is 14.2. The molecule has 0 radical (unpaired) electrons. The third kappa shape index (κ3) is 5.44. The molecule has 2 aromatic rings. The number of methoxy groups -OCH3 is 1. The summed E-state index contributed by atoms with van der Waals surface area (Å²) in [5.41, 5.74) is 2.32. The van der Waals surface area contributed by atoms with Gasteiger partial charge in [-0.15, -0.1) is 0 Å². The van der Waals surface area contributed by atoms with Crippen molar-refractivity contribution < 1.29 is 14.6 Å². The lowest BCUT2D eigenvalue weighted by Gasteiger charge is -2.25. The van der Waals surface area contributed by atoms with Crippen molar-refractivity contribution in [2.45, 2.75) is 20.0 Å². The molecule has 0 amide bonds. The number of pyridine rings is 1. The highest BCUT2D eigenvalue weighted by Crippen LogP contribution is 2.12. The van der Waals surface area contributed by atoms with Gasteiger partial charge in [0.25, 0.3) is 0 Å². The van der Waals surface area contributed by atoms with E-state index in [0.717, 1.165) is 18.8 Å². The zero-order valence-corrected chi connectivity index (χ0v) is 14.2. The van der Waals surface area contributed by atoms with Gasteiger partial charge in [-0.05, 0) is 23.6 Å². The Labute approximate surface area is 142 Å². The lowest BCUT2D eigenvalue weighted by Crippen LogP contribution is -2.29. The lowest BCUT2D eigenvalue weighted by molar-refractivity contribution is 0.0593. The normalized spacial score (nSPS) is 12.2. The van der Waals surface area contributed by atoms with E-state index in [4.69, 9.17) is 4.74 Å². The van der Waals surface area contributed by atoms with E-state index in [9.17, 15) is 9.90 Å². The number of nitrogens with zero attached hydrogens (tertiary/aromatic N) is 2. The van der Waals surface area contributed by atoms with Crippen molar-refractivity contribution in [1.29, 1.82) is 0 Å². The van der Waals surface area contributed by atoms with Crippen LogP contribution in [0.3, 0.4) is 0 Å². The molecule has 1 heterocycles. The largest absolute Gasteiger partial charge is 0.464 e. The van der Waals surface area contributed by atoms with E-state index in [0.29, 0.717) is 12.2 Å². The van der Waals surface area contributed by atoms with Crippen molar-refractivity contribution in [1.82, 2.24) is 9.88 Å². The highest BCUT2D eigenvalue weighted by Gasteiger charge is 2.14. The van der Waals surface area contributed by atoms with E-state index in [1.54, 1.807) is 6.07 Å². The van der Waals surface area contributed by atoms with Gasteiger partial charge >= 0.3 is 5.97 Å². The Balaban J connectivity index is 2.13. The third-order valence-corrected chi connectivity index (χ3v) is 3.72. The molecule has 0 bridgehead atoms. The van der Waals surface area contributed by atoms with E-state index in [1.807, 2.05) is 37.3 Å². The molecular weight excluding hydrogens is 304 g/mol. The Kier molecular flexibility index (Phi) is 6.90. The number of hydrogen-bond acceptors (Lipinski definition) is 5. The topological polar surface area (TPSA) is 62.7 Å². The number of esters is 1. The molecule has 5 nitrogen and oxygen atoms in total. The first kappa shape index (κ1) is 18.1. The first-order valence-corrected chi connectivity index (χ1v) is 8.03. The van der Waals surface area contributed by atoms with Crippen molar-refractivity contribution in [2.75, 3.05) is 20.3 Å². The number of aromatic nitrogens is 1. The predicted octanol–water partition coefficient (Wildman–Crippen LogP) is 2.50. The average Bonchev–Trinajstić information content (AvgIpc) is 2.62. The van der Waals surface area contributed by atoms with E-state index in [2.05, 4.69) is 22.0 Å². The molecule has 2 rings (SSSR count). The van der Waals surface area contributed by atoms with Crippen LogP contribution in [-0.4, -0.2) is 41.2 Å². The number of aliphatic hydroxyl groups excluding tert-OH is 1. The third-order valence-electron chi connectivity index (χ3n) is 3.72. The molecule has 0 spiro atoms. The number of benzene rings is 1. The molecule has 128 valence electrons. The van der Waals surface area contributed by atoms with Crippen molar-refractivity contribution in [3.63, 3.8) is 0 Å². The summed E-state index contributed by atoms with van der Waals surface area (Å²) in [4.78, 5) is 18.2. The van der Waals surface area contributed by atoms with Gasteiger partial charge in [-0.2, -0.15) is 0 Å². The summed E-state index contributed by atoms with van der Waals surface area (Å²) in [6.07, 6.45) is 0. The molecule has 0 aliphatic rings. The smallest absolute Gasteiger partial charge is 0.356 e. The van der Waals surface area contributed by atoms with Gasteiger partial charge in [0.05, 0.1) is 12.8 Å². The van der Waals surface area contributed by atoms with Crippen LogP contribution in [0.2, 0.25) is 0 Å². The highest BCUT2D eigenvalue weighted by molar-refractivity contribution is 5.87. The second-order valence-corrected chi connectivity index (χ2v) is 5.95. The van der Waals surface area contributed by atoms with Gasteiger partial charge in [-0.3, -0.25) is 4.90 Å². The van der Waals surface area contributed by atoms with Crippen LogP contribution in [0.1, 0.15) is 28.7 Å². The minimum atomic E-state index is -0.435. The molecule has 0 saturated heterocycles. The molecule has 5 heteroatoms. The monoisotopic (exact) mass is 328 g/mol. The molecular formula is C19H24N2O3. The molecule has 0 aliphatic carbocycles. The van der Waals surface area contributed by atoms with Crippen molar-refractivity contribution in [3.05, 3.63) is 65.5 Å². The van der Waals surface area contributed by atoms with E-state index in [1.165, 1.54) is 12.7 Å². The fraction of sp³-hybridized carbons (Fsp3) is 0.368. The van der Waals surface area contributed by atoms with Crippen LogP contribution in [0.15, 0.2) is 48.5 Å². The first-order valence-electron chi connectivity index (χ1n) is 8.03. The number of hydrogen-bond donors (Lipinski definition) is 1. The van der Waals surface area contributed by atoms with Gasteiger partial charge in [0.2, 0.25) is 0 Å². The second kappa shape index (κ2) is 9.15. The summed E-state index contributed by atoms with van der Waals surface area (Å²) in [6, 6.07) is 15.5. The van der Waals surface area contributed by atoms with Gasteiger partial charge in [0.15, 0.2) is 0 Å². The number of rotatable bonds is 8. The summed E-state index contributed by atoms with van der Waals surface area (Å²) in [6.45, 7) is 4.26. The van der Waals surface area contributed by atoms with Gasteiger partial charge in [0, 0.05) is 26.2 Å². The quantitative estimate of drug-likeness (QED) is 0.754. The molecule has 1 aromatic carbocycles. The maximum absolute atomic E-state index is 11.6. The van der Waals surface area contributed by atoms with E-state index >= 15 is 0 Å². The van der Waals surface area contributed by atoms with Crippen LogP contribution >= 0.6 is 0 Å². The maximum atomic E-state index is 11.6. The number of aliphatic hydroxyl groups is 1. The molecule has 0 unspecified atom stereocenters. The van der Waals surface area contributed by atoms with Gasteiger partial charge < -0.3 is 9.84 Å². The Bertz CT molecular complexity index is 646. The number of carbonyl (C=O) groups excluding carboxylic acids is 1. The molecule has 0 saturated carbocycles. The molecule has 0 aliphatic heterocycles. The van der Waals surface area contributed by atoms with Crippen LogP contribution in [0.4, 0.5) is 0 Å². The SMILES string of the molecule is COC(=O)c1cccc(CN(Cc2ccccc2)C[C@H](C)CO)n1. The minimum absolute atomic E-state index is 0.140. The van der Waals surface area contributed by atoms with Crippen LogP contribution in [0.25, 0.3) is 0 Å². The molecule has 0 fully saturated rings. The fourth-order valence-corrected chi connectivity index (χ4v) is 2.54. The summed E-state index contributed by atoms with van der Waals surface area (Å²) in [7, 11) is 1.35. The Morgan fingerprint density at radius 1 is 1.17 bits per heavy atom. The van der Waals surface area contributed by atoms with Crippen molar-refractivity contribution >= 4 is 5.97 Å².